The summed E-state index contributed by atoms with van der Waals surface area (Å²) in [4.78, 5) is 14.6. The van der Waals surface area contributed by atoms with Gasteiger partial charge in [-0.2, -0.15) is 5.26 Å². The predicted molar refractivity (Wildman–Crippen MR) is 145 cm³/mol. The van der Waals surface area contributed by atoms with Crippen LogP contribution < -0.4 is 5.32 Å². The minimum absolute atomic E-state index is 0.0120. The minimum atomic E-state index is -0.143. The third-order valence-corrected chi connectivity index (χ3v) is 8.14. The number of benzene rings is 1. The van der Waals surface area contributed by atoms with Gasteiger partial charge in [-0.25, -0.2) is 0 Å². The smallest absolute Gasteiger partial charge is 0.236 e. The number of carbonyl (C=O) groups is 1. The Morgan fingerprint density at radius 1 is 1.27 bits per heavy atom. The standard InChI is InChI=1S/C29H33N5O2S/c1-19(2)36-26-13-5-8-20(16-21(26)17-30)28-32-33-29(37-28)24-11-6-10-23-22(24)9-7-12-25(23)31-18-27(35)34-14-3-4-15-34/h5-6,8,10-11,13,16,19-20,25,31H,3-4,7,9,12,14-15,18H2,1-2H3. The lowest BCUT2D eigenvalue weighted by molar-refractivity contribution is -0.129. The maximum Gasteiger partial charge on any atom is 0.236 e. The van der Waals surface area contributed by atoms with E-state index in [1.165, 1.54) is 11.1 Å². The van der Waals surface area contributed by atoms with E-state index in [1.54, 1.807) is 11.3 Å². The molecular weight excluding hydrogens is 482 g/mol. The van der Waals surface area contributed by atoms with Gasteiger partial charge in [-0.15, -0.1) is 10.2 Å². The number of hydrogen-bond acceptors (Lipinski definition) is 7. The summed E-state index contributed by atoms with van der Waals surface area (Å²) in [5.74, 6) is 0.642. The monoisotopic (exact) mass is 515 g/mol. The zero-order valence-corrected chi connectivity index (χ0v) is 22.3. The van der Waals surface area contributed by atoms with Gasteiger partial charge in [-0.05, 0) is 69.2 Å². The van der Waals surface area contributed by atoms with Crippen LogP contribution in [0.4, 0.5) is 0 Å². The average molecular weight is 516 g/mol. The molecule has 1 N–H and O–H groups in total. The molecule has 1 saturated heterocycles. The largest absolute Gasteiger partial charge is 0.490 e. The lowest BCUT2D eigenvalue weighted by Crippen LogP contribution is -2.38. The summed E-state index contributed by atoms with van der Waals surface area (Å²) in [6.07, 6.45) is 13.0. The Bertz CT molecular complexity index is 1280. The van der Waals surface area contributed by atoms with Crippen molar-refractivity contribution < 1.29 is 9.53 Å². The van der Waals surface area contributed by atoms with Gasteiger partial charge in [0.15, 0.2) is 0 Å². The molecular formula is C29H33N5O2S. The Balaban J connectivity index is 1.35. The van der Waals surface area contributed by atoms with Gasteiger partial charge in [-0.3, -0.25) is 4.79 Å². The van der Waals surface area contributed by atoms with Gasteiger partial charge in [0.05, 0.1) is 24.1 Å². The molecule has 1 amide bonds. The second-order valence-corrected chi connectivity index (χ2v) is 11.0. The van der Waals surface area contributed by atoms with Crippen LogP contribution in [0.5, 0.6) is 0 Å². The van der Waals surface area contributed by atoms with Crippen LogP contribution in [0.2, 0.25) is 0 Å². The number of carbonyl (C=O) groups excluding carboxylic acids is 1. The molecule has 2 heterocycles. The molecule has 2 aromatic rings. The summed E-state index contributed by atoms with van der Waals surface area (Å²) in [6, 6.07) is 8.81. The van der Waals surface area contributed by atoms with Gasteiger partial charge in [-0.1, -0.05) is 41.7 Å². The molecule has 0 bridgehead atoms. The van der Waals surface area contributed by atoms with Crippen LogP contribution in [0.25, 0.3) is 10.6 Å². The first-order chi connectivity index (χ1) is 18.0. The Kier molecular flexibility index (Phi) is 7.82. The van der Waals surface area contributed by atoms with Crippen LogP contribution in [-0.2, 0) is 16.0 Å². The third-order valence-electron chi connectivity index (χ3n) is 7.08. The first-order valence-corrected chi connectivity index (χ1v) is 14.0. The number of nitrogens with one attached hydrogen (secondary N) is 1. The molecule has 3 aliphatic rings. The highest BCUT2D eigenvalue weighted by Gasteiger charge is 2.26. The number of rotatable bonds is 7. The van der Waals surface area contributed by atoms with Gasteiger partial charge in [0.1, 0.15) is 21.8 Å². The molecule has 1 aromatic heterocycles. The van der Waals surface area contributed by atoms with Crippen LogP contribution in [0, 0.1) is 11.3 Å². The van der Waals surface area contributed by atoms with E-state index in [4.69, 9.17) is 4.74 Å². The number of nitrogens with zero attached hydrogens (tertiary/aromatic N) is 4. The molecule has 1 aromatic carbocycles. The van der Waals surface area contributed by atoms with E-state index in [0.29, 0.717) is 17.9 Å². The van der Waals surface area contributed by atoms with Crippen molar-refractivity contribution in [3.05, 3.63) is 70.0 Å². The fourth-order valence-corrected chi connectivity index (χ4v) is 6.25. The highest BCUT2D eigenvalue weighted by atomic mass is 32.1. The summed E-state index contributed by atoms with van der Waals surface area (Å²) in [6.45, 7) is 6.05. The van der Waals surface area contributed by atoms with E-state index in [-0.39, 0.29) is 24.0 Å². The van der Waals surface area contributed by atoms with Gasteiger partial charge < -0.3 is 15.0 Å². The molecule has 2 aliphatic carbocycles. The van der Waals surface area contributed by atoms with Crippen molar-refractivity contribution in [3.8, 4) is 16.6 Å². The molecule has 37 heavy (non-hydrogen) atoms. The number of fused-ring (bicyclic) bond motifs is 1. The molecule has 7 nitrogen and oxygen atoms in total. The average Bonchev–Trinajstić information content (AvgIpc) is 3.58. The third kappa shape index (κ3) is 5.68. The fraction of sp³-hybridized carbons (Fsp3) is 0.448. The van der Waals surface area contributed by atoms with Crippen molar-refractivity contribution in [1.82, 2.24) is 20.4 Å². The van der Waals surface area contributed by atoms with E-state index in [1.807, 2.05) is 43.1 Å². The number of likely N-dealkylation sites (tertiary alicyclic amines) is 1. The number of aromatic nitrogens is 2. The van der Waals surface area contributed by atoms with Gasteiger partial charge in [0, 0.05) is 24.7 Å². The molecule has 5 rings (SSSR count). The SMILES string of the molecule is CC(C)OC1=CC=CC(c2nnc(-c3cccc4c3CCCC4NCC(=O)N3CCCC3)s2)C=C1C#N. The first kappa shape index (κ1) is 25.4. The Hall–Kier alpha value is -3.28. The van der Waals surface area contributed by atoms with Crippen molar-refractivity contribution in [2.75, 3.05) is 19.6 Å². The van der Waals surface area contributed by atoms with Crippen molar-refractivity contribution in [2.24, 2.45) is 0 Å². The molecule has 1 fully saturated rings. The van der Waals surface area contributed by atoms with Crippen molar-refractivity contribution >= 4 is 17.2 Å². The second-order valence-electron chi connectivity index (χ2n) is 10.0. The number of hydrogen-bond donors (Lipinski definition) is 1. The van der Waals surface area contributed by atoms with Gasteiger partial charge in [0.2, 0.25) is 5.91 Å². The fourth-order valence-electron chi connectivity index (χ4n) is 5.30. The molecule has 8 heteroatoms. The zero-order chi connectivity index (χ0) is 25.8. The molecule has 0 spiro atoms. The Morgan fingerprint density at radius 2 is 2.11 bits per heavy atom. The molecule has 0 radical (unpaired) electrons. The molecule has 2 unspecified atom stereocenters. The zero-order valence-electron chi connectivity index (χ0n) is 21.4. The Labute approximate surface area is 222 Å². The van der Waals surface area contributed by atoms with E-state index in [2.05, 4.69) is 39.8 Å². The van der Waals surface area contributed by atoms with E-state index in [0.717, 1.165) is 60.8 Å². The van der Waals surface area contributed by atoms with Crippen LogP contribution in [0.3, 0.4) is 0 Å². The number of ether oxygens (including phenoxy) is 1. The van der Waals surface area contributed by atoms with Gasteiger partial charge in [0.25, 0.3) is 0 Å². The van der Waals surface area contributed by atoms with Crippen molar-refractivity contribution in [2.45, 2.75) is 64.0 Å². The van der Waals surface area contributed by atoms with Crippen LogP contribution in [0.15, 0.2) is 53.8 Å². The summed E-state index contributed by atoms with van der Waals surface area (Å²) in [5.41, 5.74) is 4.18. The summed E-state index contributed by atoms with van der Waals surface area (Å²) >= 11 is 1.57. The molecule has 2 atom stereocenters. The highest BCUT2D eigenvalue weighted by molar-refractivity contribution is 7.14. The van der Waals surface area contributed by atoms with Crippen LogP contribution in [0.1, 0.15) is 67.6 Å². The molecule has 192 valence electrons. The number of amides is 1. The maximum absolute atomic E-state index is 12.6. The quantitative estimate of drug-likeness (QED) is 0.545. The minimum Gasteiger partial charge on any atom is -0.490 e. The predicted octanol–water partition coefficient (Wildman–Crippen LogP) is 5.21. The lowest BCUT2D eigenvalue weighted by Gasteiger charge is -2.28. The van der Waals surface area contributed by atoms with Gasteiger partial charge >= 0.3 is 0 Å². The summed E-state index contributed by atoms with van der Waals surface area (Å²) in [7, 11) is 0. The normalized spacial score (nSPS) is 21.2. The maximum atomic E-state index is 12.6. The van der Waals surface area contributed by atoms with Crippen LogP contribution in [-0.4, -0.2) is 46.7 Å². The second kappa shape index (κ2) is 11.4. The topological polar surface area (TPSA) is 91.1 Å². The molecule has 0 saturated carbocycles. The van der Waals surface area contributed by atoms with Crippen LogP contribution >= 0.6 is 11.3 Å². The summed E-state index contributed by atoms with van der Waals surface area (Å²) in [5, 5.41) is 24.1. The van der Waals surface area contributed by atoms with Crippen molar-refractivity contribution in [3.63, 3.8) is 0 Å². The van der Waals surface area contributed by atoms with E-state index >= 15 is 0 Å². The van der Waals surface area contributed by atoms with Crippen molar-refractivity contribution in [1.29, 1.82) is 5.26 Å². The highest BCUT2D eigenvalue weighted by Crippen LogP contribution is 2.39. The summed E-state index contributed by atoms with van der Waals surface area (Å²) < 4.78 is 5.83. The van der Waals surface area contributed by atoms with E-state index < -0.39 is 0 Å². The molecule has 1 aliphatic heterocycles. The van der Waals surface area contributed by atoms with E-state index in [9.17, 15) is 10.1 Å². The lowest BCUT2D eigenvalue weighted by atomic mass is 9.85. The first-order valence-electron chi connectivity index (χ1n) is 13.2. The number of allylic oxidation sites excluding steroid dienone is 5. The number of nitriles is 1. The Morgan fingerprint density at radius 3 is 2.89 bits per heavy atom.